The van der Waals surface area contributed by atoms with Crippen LogP contribution in [0.15, 0.2) is 36.8 Å². The largest absolute Gasteiger partial charge is 0.433 e. The van der Waals surface area contributed by atoms with Crippen LogP contribution in [-0.4, -0.2) is 15.9 Å². The lowest BCUT2D eigenvalue weighted by atomic mass is 10.2. The molecule has 0 aliphatic carbocycles. The van der Waals surface area contributed by atoms with Crippen LogP contribution in [0.25, 0.3) is 0 Å². The van der Waals surface area contributed by atoms with Crippen molar-refractivity contribution in [3.8, 4) is 0 Å². The van der Waals surface area contributed by atoms with Gasteiger partial charge in [-0.1, -0.05) is 11.6 Å². The number of alkyl halides is 3. The van der Waals surface area contributed by atoms with Gasteiger partial charge in [-0.15, -0.1) is 0 Å². The fourth-order valence-electron chi connectivity index (χ4n) is 1.37. The minimum absolute atomic E-state index is 0.00600. The molecule has 4 nitrogen and oxygen atoms in total. The summed E-state index contributed by atoms with van der Waals surface area (Å²) in [5.74, 6) is -0.540. The van der Waals surface area contributed by atoms with Gasteiger partial charge in [0, 0.05) is 12.4 Å². The number of hydrogen-bond acceptors (Lipinski definition) is 3. The number of anilines is 1. The predicted molar refractivity (Wildman–Crippen MR) is 66.4 cm³/mol. The smallest absolute Gasteiger partial charge is 0.319 e. The maximum absolute atomic E-state index is 12.4. The Morgan fingerprint density at radius 1 is 1.30 bits per heavy atom. The monoisotopic (exact) mass is 301 g/mol. The lowest BCUT2D eigenvalue weighted by molar-refractivity contribution is -0.141. The lowest BCUT2D eigenvalue weighted by Gasteiger charge is -2.10. The molecule has 0 fully saturated rings. The summed E-state index contributed by atoms with van der Waals surface area (Å²) < 4.78 is 37.2. The number of rotatable bonds is 2. The van der Waals surface area contributed by atoms with Crippen molar-refractivity contribution >= 4 is 23.2 Å². The number of halogens is 4. The molecule has 2 aromatic heterocycles. The molecule has 0 saturated heterocycles. The highest BCUT2D eigenvalue weighted by atomic mass is 35.5. The zero-order chi connectivity index (χ0) is 14.8. The van der Waals surface area contributed by atoms with Crippen molar-refractivity contribution in [1.29, 1.82) is 0 Å². The van der Waals surface area contributed by atoms with E-state index in [0.717, 1.165) is 6.20 Å². The molecule has 0 bridgehead atoms. The Balaban J connectivity index is 2.21. The highest BCUT2D eigenvalue weighted by Gasteiger charge is 2.33. The number of pyridine rings is 2. The number of hydrogen-bond donors (Lipinski definition) is 1. The third-order valence-corrected chi connectivity index (χ3v) is 2.63. The van der Waals surface area contributed by atoms with E-state index >= 15 is 0 Å². The SMILES string of the molecule is O=C(Nc1cnc(C(F)(F)F)cc1Cl)c1cccnc1. The van der Waals surface area contributed by atoms with Crippen molar-refractivity contribution < 1.29 is 18.0 Å². The molecule has 0 aliphatic heterocycles. The van der Waals surface area contributed by atoms with Crippen LogP contribution in [0, 0.1) is 0 Å². The first-order valence-corrected chi connectivity index (χ1v) is 5.70. The molecule has 8 heteroatoms. The fourth-order valence-corrected chi connectivity index (χ4v) is 1.57. The van der Waals surface area contributed by atoms with Crippen LogP contribution in [0.5, 0.6) is 0 Å². The van der Waals surface area contributed by atoms with Crippen molar-refractivity contribution in [2.45, 2.75) is 6.18 Å². The van der Waals surface area contributed by atoms with Crippen LogP contribution in [0.2, 0.25) is 5.02 Å². The molecule has 0 atom stereocenters. The summed E-state index contributed by atoms with van der Waals surface area (Å²) in [6.45, 7) is 0. The molecular formula is C12H7ClF3N3O. The maximum atomic E-state index is 12.4. The zero-order valence-electron chi connectivity index (χ0n) is 9.78. The first kappa shape index (κ1) is 14.3. The molecule has 2 rings (SSSR count). The van der Waals surface area contributed by atoms with Crippen molar-refractivity contribution in [3.05, 3.63) is 53.1 Å². The summed E-state index contributed by atoms with van der Waals surface area (Å²) in [5.41, 5.74) is -0.876. The van der Waals surface area contributed by atoms with Gasteiger partial charge in [-0.3, -0.25) is 9.78 Å². The normalized spacial score (nSPS) is 11.2. The van der Waals surface area contributed by atoms with E-state index < -0.39 is 17.8 Å². The predicted octanol–water partition coefficient (Wildman–Crippen LogP) is 3.40. The minimum Gasteiger partial charge on any atom is -0.319 e. The van der Waals surface area contributed by atoms with E-state index in [-0.39, 0.29) is 16.3 Å². The van der Waals surface area contributed by atoms with E-state index in [1.54, 1.807) is 6.07 Å². The van der Waals surface area contributed by atoms with Crippen molar-refractivity contribution in [1.82, 2.24) is 9.97 Å². The van der Waals surface area contributed by atoms with Gasteiger partial charge in [-0.25, -0.2) is 4.98 Å². The Kier molecular flexibility index (Phi) is 3.89. The molecule has 0 saturated carbocycles. The molecule has 0 aliphatic rings. The molecule has 0 spiro atoms. The molecule has 1 N–H and O–H groups in total. The van der Waals surface area contributed by atoms with Gasteiger partial charge in [-0.2, -0.15) is 13.2 Å². The topological polar surface area (TPSA) is 54.9 Å². The van der Waals surface area contributed by atoms with Gasteiger partial charge in [0.1, 0.15) is 5.69 Å². The maximum Gasteiger partial charge on any atom is 0.433 e. The Morgan fingerprint density at radius 2 is 2.05 bits per heavy atom. The van der Waals surface area contributed by atoms with Crippen molar-refractivity contribution in [3.63, 3.8) is 0 Å². The second kappa shape index (κ2) is 5.46. The second-order valence-electron chi connectivity index (χ2n) is 3.74. The van der Waals surface area contributed by atoms with Gasteiger partial charge in [0.25, 0.3) is 5.91 Å². The summed E-state index contributed by atoms with van der Waals surface area (Å²) in [5, 5.41) is 2.12. The first-order valence-electron chi connectivity index (χ1n) is 5.32. The van der Waals surface area contributed by atoms with Gasteiger partial charge in [0.15, 0.2) is 0 Å². The molecule has 1 amide bonds. The van der Waals surface area contributed by atoms with E-state index in [1.165, 1.54) is 18.5 Å². The van der Waals surface area contributed by atoms with Crippen LogP contribution in [0.1, 0.15) is 16.1 Å². The Hall–Kier alpha value is -2.15. The third kappa shape index (κ3) is 3.24. The van der Waals surface area contributed by atoms with E-state index in [2.05, 4.69) is 15.3 Å². The second-order valence-corrected chi connectivity index (χ2v) is 4.15. The molecule has 0 radical (unpaired) electrons. The van der Waals surface area contributed by atoms with Crippen LogP contribution in [-0.2, 0) is 6.18 Å². The number of aromatic nitrogens is 2. The summed E-state index contributed by atoms with van der Waals surface area (Å²) in [7, 11) is 0. The standard InChI is InChI=1S/C12H7ClF3N3O/c13-8-4-10(12(14,15)16)18-6-9(8)19-11(20)7-2-1-3-17-5-7/h1-6H,(H,19,20). The van der Waals surface area contributed by atoms with Gasteiger partial charge >= 0.3 is 6.18 Å². The molecular weight excluding hydrogens is 295 g/mol. The van der Waals surface area contributed by atoms with E-state index in [9.17, 15) is 18.0 Å². The van der Waals surface area contributed by atoms with Gasteiger partial charge in [0.2, 0.25) is 0 Å². The van der Waals surface area contributed by atoms with Gasteiger partial charge < -0.3 is 5.32 Å². The number of nitrogens with zero attached hydrogens (tertiary/aromatic N) is 2. The Labute approximate surface area is 116 Å². The molecule has 104 valence electrons. The number of carbonyl (C=O) groups excluding carboxylic acids is 1. The van der Waals surface area contributed by atoms with Crippen LogP contribution in [0.4, 0.5) is 18.9 Å². The quantitative estimate of drug-likeness (QED) is 0.925. The summed E-state index contributed by atoms with van der Waals surface area (Å²) in [4.78, 5) is 18.8. The summed E-state index contributed by atoms with van der Waals surface area (Å²) >= 11 is 5.70. The van der Waals surface area contributed by atoms with Crippen LogP contribution < -0.4 is 5.32 Å². The molecule has 2 aromatic rings. The molecule has 2 heterocycles. The zero-order valence-corrected chi connectivity index (χ0v) is 10.5. The van der Waals surface area contributed by atoms with Crippen molar-refractivity contribution in [2.75, 3.05) is 5.32 Å². The number of carbonyl (C=O) groups is 1. The molecule has 20 heavy (non-hydrogen) atoms. The average Bonchev–Trinajstić information content (AvgIpc) is 2.41. The summed E-state index contributed by atoms with van der Waals surface area (Å²) in [6.07, 6.45) is -0.918. The van der Waals surface area contributed by atoms with Crippen molar-refractivity contribution in [2.24, 2.45) is 0 Å². The highest BCUT2D eigenvalue weighted by molar-refractivity contribution is 6.33. The minimum atomic E-state index is -4.59. The van der Waals surface area contributed by atoms with Gasteiger partial charge in [-0.05, 0) is 18.2 Å². The highest BCUT2D eigenvalue weighted by Crippen LogP contribution is 2.31. The van der Waals surface area contributed by atoms with Crippen LogP contribution in [0.3, 0.4) is 0 Å². The lowest BCUT2D eigenvalue weighted by Crippen LogP contribution is -2.14. The molecule has 0 unspecified atom stereocenters. The Morgan fingerprint density at radius 3 is 2.60 bits per heavy atom. The number of nitrogens with one attached hydrogen (secondary N) is 1. The van der Waals surface area contributed by atoms with Crippen LogP contribution >= 0.6 is 11.6 Å². The third-order valence-electron chi connectivity index (χ3n) is 2.32. The van der Waals surface area contributed by atoms with E-state index in [0.29, 0.717) is 6.07 Å². The Bertz CT molecular complexity index is 632. The number of amides is 1. The summed E-state index contributed by atoms with van der Waals surface area (Å²) in [6, 6.07) is 3.72. The fraction of sp³-hybridized carbons (Fsp3) is 0.0833. The first-order chi connectivity index (χ1) is 9.38. The van der Waals surface area contributed by atoms with E-state index in [4.69, 9.17) is 11.6 Å². The van der Waals surface area contributed by atoms with E-state index in [1.807, 2.05) is 0 Å². The average molecular weight is 302 g/mol. The molecule has 0 aromatic carbocycles. The van der Waals surface area contributed by atoms with Gasteiger partial charge in [0.05, 0.1) is 22.5 Å².